The van der Waals surface area contributed by atoms with Gasteiger partial charge in [-0.2, -0.15) is 0 Å². The summed E-state index contributed by atoms with van der Waals surface area (Å²) >= 11 is 2.23. The van der Waals surface area contributed by atoms with Crippen LogP contribution in [0.2, 0.25) is 0 Å². The van der Waals surface area contributed by atoms with Gasteiger partial charge in [-0.3, -0.25) is 24.0 Å². The molecule has 0 fully saturated rings. The van der Waals surface area contributed by atoms with Crippen LogP contribution in [0.1, 0.15) is 125 Å². The van der Waals surface area contributed by atoms with Crippen LogP contribution in [0, 0.1) is 23.7 Å². The Labute approximate surface area is 330 Å². The molecule has 55 heavy (non-hydrogen) atoms. The first-order valence-electron chi connectivity index (χ1n) is 18.4. The Hall–Kier alpha value is -4.04. The lowest BCUT2D eigenvalue weighted by molar-refractivity contribution is -0.140. The average molecular weight is 811 g/mol. The summed E-state index contributed by atoms with van der Waals surface area (Å²) in [4.78, 5) is 86.9. The van der Waals surface area contributed by atoms with Gasteiger partial charge in [0.25, 0.3) is 11.8 Å². The fourth-order valence-electron chi connectivity index (χ4n) is 5.27. The molecule has 2 rings (SSSR count). The number of nitrogens with zero attached hydrogens (tertiary/aromatic N) is 2. The number of carbonyl (C=O) groups excluding carboxylic acids is 5. The highest BCUT2D eigenvalue weighted by Gasteiger charge is 2.35. The number of carboxylic acids is 1. The molecule has 0 aliphatic heterocycles. The Bertz CT molecular complexity index is 1630. The van der Waals surface area contributed by atoms with Gasteiger partial charge >= 0.3 is 5.97 Å². The van der Waals surface area contributed by atoms with Crippen molar-refractivity contribution in [3.8, 4) is 0 Å². The van der Waals surface area contributed by atoms with Gasteiger partial charge < -0.3 is 47.6 Å². The number of aliphatic carboxylic acids is 1. The molecule has 308 valence electrons. The third-order valence-electron chi connectivity index (χ3n) is 9.40. The van der Waals surface area contributed by atoms with E-state index < -0.39 is 89.9 Å². The van der Waals surface area contributed by atoms with Crippen LogP contribution in [0.25, 0.3) is 0 Å². The van der Waals surface area contributed by atoms with E-state index in [1.54, 1.807) is 13.8 Å². The van der Waals surface area contributed by atoms with Crippen molar-refractivity contribution < 1.29 is 44.1 Å². The number of carbonyl (C=O) groups is 6. The zero-order chi connectivity index (χ0) is 41.9. The number of aliphatic hydroxyl groups is 2. The molecule has 0 radical (unpaired) electrons. The van der Waals surface area contributed by atoms with Gasteiger partial charge in [0.2, 0.25) is 17.7 Å². The monoisotopic (exact) mass is 810 g/mol. The van der Waals surface area contributed by atoms with Gasteiger partial charge in [0.15, 0.2) is 0 Å². The number of hydrogen-bond acceptors (Lipinski definition) is 13. The van der Waals surface area contributed by atoms with Crippen LogP contribution in [0.4, 0.5) is 0 Å². The molecular formula is C36H58N8O9S2. The number of rotatable bonds is 21. The summed E-state index contributed by atoms with van der Waals surface area (Å²) in [6.07, 6.45) is -1.44. The third kappa shape index (κ3) is 13.0. The second kappa shape index (κ2) is 21.3. The average Bonchev–Trinajstić information content (AvgIpc) is 3.82. The number of amides is 5. The maximum absolute atomic E-state index is 13.7. The molecule has 2 heterocycles. The summed E-state index contributed by atoms with van der Waals surface area (Å²) in [5, 5.41) is 47.1. The summed E-state index contributed by atoms with van der Waals surface area (Å²) in [5.74, 6) is -5.67. The number of nitrogens with one attached hydrogen (secondary N) is 5. The number of aliphatic hydroxyl groups excluding tert-OH is 2. The van der Waals surface area contributed by atoms with Gasteiger partial charge in [-0.05, 0) is 37.5 Å². The standard InChI is InChI=1S/C36H58N8O9S2/c1-11-17(7)26(42-29(47)21-13-54-34(38-21)24(15(3)4)40-31(49)23(37)19(9)45)32(50)44-28(20(10)46)33(51)41-25(16(5)6)35-39-22(14-55-35)30(48)43-27(36(52)53)18(8)12-2/h13-20,23-28,45-46H,11-12,37H2,1-10H3,(H,40,49)(H,41,51)(H,42,47)(H,43,48)(H,44,50)(H,52,53)/t17-,18-,19-,20-,23+,24+,25+,26-,27-,28+/m0/s1. The van der Waals surface area contributed by atoms with E-state index in [-0.39, 0.29) is 29.1 Å². The third-order valence-corrected chi connectivity index (χ3v) is 11.3. The van der Waals surface area contributed by atoms with Gasteiger partial charge in [-0.15, -0.1) is 22.7 Å². The van der Waals surface area contributed by atoms with Gasteiger partial charge in [-0.1, -0.05) is 68.2 Å². The van der Waals surface area contributed by atoms with Crippen LogP contribution in [-0.4, -0.2) is 97.2 Å². The van der Waals surface area contributed by atoms with Gasteiger partial charge in [0.05, 0.1) is 24.3 Å². The molecule has 2 aromatic heterocycles. The smallest absolute Gasteiger partial charge is 0.326 e. The first-order chi connectivity index (χ1) is 25.6. The second-order valence-electron chi connectivity index (χ2n) is 14.6. The van der Waals surface area contributed by atoms with Gasteiger partial charge in [0.1, 0.15) is 45.6 Å². The fraction of sp³-hybridized carbons (Fsp3) is 0.667. The molecule has 0 aliphatic carbocycles. The van der Waals surface area contributed by atoms with E-state index in [2.05, 4.69) is 36.6 Å². The summed E-state index contributed by atoms with van der Waals surface area (Å²) < 4.78 is 0. The molecule has 10 atom stereocenters. The fourth-order valence-corrected chi connectivity index (χ4v) is 7.31. The van der Waals surface area contributed by atoms with Crippen LogP contribution < -0.4 is 32.3 Å². The predicted octanol–water partition coefficient (Wildman–Crippen LogP) is 1.87. The predicted molar refractivity (Wildman–Crippen MR) is 208 cm³/mol. The maximum Gasteiger partial charge on any atom is 0.326 e. The van der Waals surface area contributed by atoms with Crippen molar-refractivity contribution >= 4 is 58.2 Å². The molecule has 17 nitrogen and oxygen atoms in total. The lowest BCUT2D eigenvalue weighted by Gasteiger charge is -2.29. The zero-order valence-corrected chi connectivity index (χ0v) is 34.7. The molecule has 5 amide bonds. The Morgan fingerprint density at radius 1 is 0.618 bits per heavy atom. The summed E-state index contributed by atoms with van der Waals surface area (Å²) in [6.45, 7) is 17.2. The number of nitrogens with two attached hydrogens (primary N) is 1. The van der Waals surface area contributed by atoms with Crippen LogP contribution in [0.5, 0.6) is 0 Å². The van der Waals surface area contributed by atoms with Crippen LogP contribution >= 0.6 is 22.7 Å². The van der Waals surface area contributed by atoms with Crippen molar-refractivity contribution in [1.82, 2.24) is 36.6 Å². The highest BCUT2D eigenvalue weighted by molar-refractivity contribution is 7.10. The molecule has 0 saturated heterocycles. The summed E-state index contributed by atoms with van der Waals surface area (Å²) in [7, 11) is 0. The molecule has 0 aromatic carbocycles. The Morgan fingerprint density at radius 3 is 1.40 bits per heavy atom. The normalized spacial score (nSPS) is 17.1. The lowest BCUT2D eigenvalue weighted by Crippen LogP contribution is -2.59. The molecule has 0 saturated carbocycles. The molecular weight excluding hydrogens is 753 g/mol. The van der Waals surface area contributed by atoms with E-state index in [4.69, 9.17) is 5.73 Å². The molecule has 0 spiro atoms. The van der Waals surface area contributed by atoms with Crippen LogP contribution in [-0.2, 0) is 19.2 Å². The largest absolute Gasteiger partial charge is 0.480 e. The summed E-state index contributed by atoms with van der Waals surface area (Å²) in [5.41, 5.74) is 5.78. The highest BCUT2D eigenvalue weighted by atomic mass is 32.1. The number of aromatic nitrogens is 2. The lowest BCUT2D eigenvalue weighted by atomic mass is 9.97. The van der Waals surface area contributed by atoms with E-state index in [9.17, 15) is 44.1 Å². The number of hydrogen-bond donors (Lipinski definition) is 9. The zero-order valence-electron chi connectivity index (χ0n) is 33.1. The van der Waals surface area contributed by atoms with E-state index in [1.807, 2.05) is 41.5 Å². The molecule has 0 bridgehead atoms. The van der Waals surface area contributed by atoms with Gasteiger partial charge in [-0.25, -0.2) is 14.8 Å². The minimum atomic E-state index is -1.44. The molecule has 2 aromatic rings. The van der Waals surface area contributed by atoms with Crippen molar-refractivity contribution in [3.05, 3.63) is 32.2 Å². The number of carboxylic acid groups (broad SMARTS) is 1. The van der Waals surface area contributed by atoms with Crippen molar-refractivity contribution in [2.24, 2.45) is 29.4 Å². The maximum atomic E-state index is 13.7. The highest BCUT2D eigenvalue weighted by Crippen LogP contribution is 2.27. The Morgan fingerprint density at radius 2 is 1.02 bits per heavy atom. The second-order valence-corrected chi connectivity index (χ2v) is 16.4. The first-order valence-corrected chi connectivity index (χ1v) is 20.2. The molecule has 0 unspecified atom stereocenters. The first kappa shape index (κ1) is 47.1. The molecule has 0 aliphatic rings. The molecule has 10 N–H and O–H groups in total. The Balaban J connectivity index is 2.24. The van der Waals surface area contributed by atoms with E-state index in [0.29, 0.717) is 22.9 Å². The van der Waals surface area contributed by atoms with Crippen LogP contribution in [0.15, 0.2) is 10.8 Å². The van der Waals surface area contributed by atoms with Crippen molar-refractivity contribution in [1.29, 1.82) is 0 Å². The minimum Gasteiger partial charge on any atom is -0.480 e. The Kier molecular flexibility index (Phi) is 18.3. The van der Waals surface area contributed by atoms with Crippen molar-refractivity contribution in [2.45, 2.75) is 131 Å². The van der Waals surface area contributed by atoms with Gasteiger partial charge in [0, 0.05) is 10.8 Å². The van der Waals surface area contributed by atoms with E-state index in [1.165, 1.54) is 24.6 Å². The van der Waals surface area contributed by atoms with E-state index >= 15 is 0 Å². The quantitative estimate of drug-likeness (QED) is 0.0875. The molecule has 19 heteroatoms. The van der Waals surface area contributed by atoms with Crippen molar-refractivity contribution in [3.63, 3.8) is 0 Å². The minimum absolute atomic E-state index is 0.000256. The van der Waals surface area contributed by atoms with E-state index in [0.717, 1.165) is 22.7 Å². The topological polar surface area (TPSA) is 275 Å². The summed E-state index contributed by atoms with van der Waals surface area (Å²) in [6, 6.07) is -6.19. The van der Waals surface area contributed by atoms with Crippen LogP contribution in [0.3, 0.4) is 0 Å². The van der Waals surface area contributed by atoms with Crippen molar-refractivity contribution in [2.75, 3.05) is 0 Å². The number of thiazole rings is 2. The SMILES string of the molecule is CC[C@H](C)[C@H](NC(=O)c1csc([C@H](NC(=O)[C@H](NC(=O)[C@@H](NC(=O)c2csc([C@H](NC(=O)[C@H](N)[C@H](C)O)C(C)C)n2)[C@@H](C)CC)[C@H](C)O)C(C)C)n1)C(=O)O.